The third kappa shape index (κ3) is 5.40. The van der Waals surface area contributed by atoms with Crippen LogP contribution < -0.4 is 14.2 Å². The summed E-state index contributed by atoms with van der Waals surface area (Å²) in [6.07, 6.45) is 2.05. The molecule has 11 heteroatoms. The van der Waals surface area contributed by atoms with E-state index < -0.39 is 35.8 Å². The second-order valence-electron chi connectivity index (χ2n) is 7.59. The van der Waals surface area contributed by atoms with E-state index in [1.807, 2.05) is 0 Å². The van der Waals surface area contributed by atoms with E-state index in [-0.39, 0.29) is 24.7 Å². The first-order valence-corrected chi connectivity index (χ1v) is 10.3. The summed E-state index contributed by atoms with van der Waals surface area (Å²) in [5.41, 5.74) is 0. The topological polar surface area (TPSA) is 143 Å². The molecule has 11 nitrogen and oxygen atoms in total. The molecule has 2 heterocycles. The number of hydrogen-bond donors (Lipinski definition) is 2. The van der Waals surface area contributed by atoms with Crippen LogP contribution in [-0.4, -0.2) is 89.3 Å². The molecule has 2 atom stereocenters. The van der Waals surface area contributed by atoms with E-state index in [4.69, 9.17) is 14.2 Å². The highest BCUT2D eigenvalue weighted by atomic mass is 16.5. The zero-order valence-electron chi connectivity index (χ0n) is 17.7. The summed E-state index contributed by atoms with van der Waals surface area (Å²) in [5, 5.41) is 18.4. The molecule has 0 unspecified atom stereocenters. The van der Waals surface area contributed by atoms with Gasteiger partial charge in [0.2, 0.25) is 0 Å². The summed E-state index contributed by atoms with van der Waals surface area (Å²) >= 11 is 0. The molecule has 0 saturated carbocycles. The van der Waals surface area contributed by atoms with Crippen molar-refractivity contribution in [1.82, 2.24) is 9.80 Å². The minimum atomic E-state index is -1.04. The molecule has 32 heavy (non-hydrogen) atoms. The molecule has 2 N–H and O–H groups in total. The molecule has 1 aromatic carbocycles. The number of carboxylic acids is 2. The van der Waals surface area contributed by atoms with Crippen molar-refractivity contribution in [2.24, 2.45) is 0 Å². The molecule has 0 aromatic heterocycles. The van der Waals surface area contributed by atoms with Crippen LogP contribution in [0.5, 0.6) is 17.2 Å². The summed E-state index contributed by atoms with van der Waals surface area (Å²) in [5.74, 6) is -2.10. The summed E-state index contributed by atoms with van der Waals surface area (Å²) in [4.78, 5) is 49.9. The van der Waals surface area contributed by atoms with Gasteiger partial charge in [0, 0.05) is 31.3 Å². The van der Waals surface area contributed by atoms with Gasteiger partial charge in [-0.25, -0.2) is 9.59 Å². The zero-order valence-corrected chi connectivity index (χ0v) is 17.7. The minimum absolute atomic E-state index is 0.246. The maximum Gasteiger partial charge on any atom is 0.326 e. The van der Waals surface area contributed by atoms with Gasteiger partial charge in [0.25, 0.3) is 11.8 Å². The fourth-order valence-electron chi connectivity index (χ4n) is 3.93. The van der Waals surface area contributed by atoms with Crippen LogP contribution in [0.2, 0.25) is 0 Å². The number of benzene rings is 1. The Labute approximate surface area is 184 Å². The number of ether oxygens (including phenoxy) is 3. The van der Waals surface area contributed by atoms with Crippen LogP contribution in [0.15, 0.2) is 18.2 Å². The van der Waals surface area contributed by atoms with Gasteiger partial charge < -0.3 is 34.2 Å². The highest BCUT2D eigenvalue weighted by Crippen LogP contribution is 2.28. The SMILES string of the molecule is COc1cc(OCC(=O)N2CCC[C@@H]2C(=O)O)cc(OCC(=O)N2CCC[C@@H]2C(=O)O)c1. The van der Waals surface area contributed by atoms with Crippen molar-refractivity contribution in [3.63, 3.8) is 0 Å². The van der Waals surface area contributed by atoms with E-state index in [0.717, 1.165) is 0 Å². The van der Waals surface area contributed by atoms with Crippen molar-refractivity contribution >= 4 is 23.8 Å². The van der Waals surface area contributed by atoms with Crippen LogP contribution in [0.4, 0.5) is 0 Å². The van der Waals surface area contributed by atoms with E-state index in [2.05, 4.69) is 0 Å². The quantitative estimate of drug-likeness (QED) is 0.553. The molecule has 2 aliphatic rings. The Morgan fingerprint density at radius 1 is 0.812 bits per heavy atom. The average Bonchev–Trinajstić information content (AvgIpc) is 3.45. The van der Waals surface area contributed by atoms with Crippen molar-refractivity contribution in [1.29, 1.82) is 0 Å². The van der Waals surface area contributed by atoms with Crippen LogP contribution in [0.25, 0.3) is 0 Å². The van der Waals surface area contributed by atoms with Crippen molar-refractivity contribution in [3.05, 3.63) is 18.2 Å². The second kappa shape index (κ2) is 10.2. The molecule has 2 fully saturated rings. The lowest BCUT2D eigenvalue weighted by Gasteiger charge is -2.22. The summed E-state index contributed by atoms with van der Waals surface area (Å²) in [7, 11) is 1.43. The lowest BCUT2D eigenvalue weighted by atomic mass is 10.2. The molecule has 0 aliphatic carbocycles. The van der Waals surface area contributed by atoms with Crippen LogP contribution in [0.3, 0.4) is 0 Å². The first-order valence-electron chi connectivity index (χ1n) is 10.3. The zero-order chi connectivity index (χ0) is 23.3. The highest BCUT2D eigenvalue weighted by molar-refractivity contribution is 5.85. The van der Waals surface area contributed by atoms with Crippen LogP contribution >= 0.6 is 0 Å². The molecule has 2 saturated heterocycles. The summed E-state index contributed by atoms with van der Waals surface area (Å²) in [6.45, 7) is 0.00986. The van der Waals surface area contributed by atoms with E-state index in [1.54, 1.807) is 0 Å². The Morgan fingerprint density at radius 2 is 1.22 bits per heavy atom. The normalized spacial score (nSPS) is 20.2. The fourth-order valence-corrected chi connectivity index (χ4v) is 3.93. The van der Waals surface area contributed by atoms with Gasteiger partial charge in [-0.2, -0.15) is 0 Å². The number of amides is 2. The maximum atomic E-state index is 12.4. The number of carbonyl (C=O) groups is 4. The molecule has 0 radical (unpaired) electrons. The molecule has 0 spiro atoms. The molecular formula is C21H26N2O9. The van der Waals surface area contributed by atoms with E-state index in [1.165, 1.54) is 35.1 Å². The maximum absolute atomic E-state index is 12.4. The Balaban J connectivity index is 1.60. The van der Waals surface area contributed by atoms with Crippen LogP contribution in [0.1, 0.15) is 25.7 Å². The van der Waals surface area contributed by atoms with Crippen molar-refractivity contribution in [2.75, 3.05) is 33.4 Å². The van der Waals surface area contributed by atoms with Gasteiger partial charge in [-0.3, -0.25) is 9.59 Å². The Bertz CT molecular complexity index is 822. The molecule has 3 rings (SSSR count). The number of hydrogen-bond acceptors (Lipinski definition) is 7. The number of methoxy groups -OCH3 is 1. The molecule has 2 amide bonds. The fraction of sp³-hybridized carbons (Fsp3) is 0.524. The van der Waals surface area contributed by atoms with Gasteiger partial charge in [0.05, 0.1) is 7.11 Å². The molecular weight excluding hydrogens is 424 g/mol. The van der Waals surface area contributed by atoms with E-state index in [0.29, 0.717) is 44.5 Å². The molecule has 2 aliphatic heterocycles. The highest BCUT2D eigenvalue weighted by Gasteiger charge is 2.35. The lowest BCUT2D eigenvalue weighted by Crippen LogP contribution is -2.42. The van der Waals surface area contributed by atoms with Crippen molar-refractivity contribution in [3.8, 4) is 17.2 Å². The minimum Gasteiger partial charge on any atom is -0.496 e. The second-order valence-corrected chi connectivity index (χ2v) is 7.59. The number of nitrogens with zero attached hydrogens (tertiary/aromatic N) is 2. The van der Waals surface area contributed by atoms with Gasteiger partial charge in [-0.05, 0) is 25.7 Å². The lowest BCUT2D eigenvalue weighted by molar-refractivity contribution is -0.149. The van der Waals surface area contributed by atoms with Crippen LogP contribution in [0, 0.1) is 0 Å². The van der Waals surface area contributed by atoms with Gasteiger partial charge >= 0.3 is 11.9 Å². The largest absolute Gasteiger partial charge is 0.496 e. The first-order chi connectivity index (χ1) is 15.3. The molecule has 0 bridgehead atoms. The van der Waals surface area contributed by atoms with Gasteiger partial charge in [-0.1, -0.05) is 0 Å². The number of carbonyl (C=O) groups excluding carboxylic acids is 2. The smallest absolute Gasteiger partial charge is 0.326 e. The van der Waals surface area contributed by atoms with Gasteiger partial charge in [-0.15, -0.1) is 0 Å². The number of likely N-dealkylation sites (tertiary alicyclic amines) is 2. The third-order valence-corrected chi connectivity index (χ3v) is 5.53. The molecule has 1 aromatic rings. The van der Waals surface area contributed by atoms with Crippen LogP contribution in [-0.2, 0) is 19.2 Å². The Hall–Kier alpha value is -3.50. The predicted octanol–water partition coefficient (Wildman–Crippen LogP) is 0.604. The van der Waals surface area contributed by atoms with Crippen molar-refractivity contribution < 1.29 is 43.6 Å². The van der Waals surface area contributed by atoms with E-state index >= 15 is 0 Å². The summed E-state index contributed by atoms with van der Waals surface area (Å²) < 4.78 is 16.3. The average molecular weight is 450 g/mol. The number of aliphatic carboxylic acids is 2. The van der Waals surface area contributed by atoms with Gasteiger partial charge in [0.15, 0.2) is 13.2 Å². The van der Waals surface area contributed by atoms with E-state index in [9.17, 15) is 29.4 Å². The monoisotopic (exact) mass is 450 g/mol. The Morgan fingerprint density at radius 3 is 1.59 bits per heavy atom. The Kier molecular flexibility index (Phi) is 7.39. The third-order valence-electron chi connectivity index (χ3n) is 5.53. The summed E-state index contributed by atoms with van der Waals surface area (Å²) in [6, 6.07) is 2.84. The predicted molar refractivity (Wildman–Crippen MR) is 109 cm³/mol. The molecule has 174 valence electrons. The number of rotatable bonds is 9. The number of carboxylic acid groups (broad SMARTS) is 2. The van der Waals surface area contributed by atoms with Crippen molar-refractivity contribution in [2.45, 2.75) is 37.8 Å². The standard InChI is InChI=1S/C21H26N2O9/c1-30-13-8-14(31-11-18(24)22-6-2-4-16(22)20(26)27)10-15(9-13)32-12-19(25)23-7-3-5-17(23)21(28)29/h8-10,16-17H,2-7,11-12H2,1H3,(H,26,27)(H,28,29)/t16-,17-/m1/s1. The first kappa shape index (κ1) is 23.2. The van der Waals surface area contributed by atoms with Gasteiger partial charge in [0.1, 0.15) is 29.3 Å².